The first-order valence-corrected chi connectivity index (χ1v) is 15.3. The van der Waals surface area contributed by atoms with E-state index in [1.54, 1.807) is 37.8 Å². The Morgan fingerprint density at radius 3 is 2.72 bits per heavy atom. The number of amides is 2. The molecule has 4 heterocycles. The number of halogens is 1. The summed E-state index contributed by atoms with van der Waals surface area (Å²) in [4.78, 5) is 34.8. The van der Waals surface area contributed by atoms with Crippen molar-refractivity contribution in [1.82, 2.24) is 20.1 Å². The average Bonchev–Trinajstić information content (AvgIpc) is 3.68. The van der Waals surface area contributed by atoms with Crippen molar-refractivity contribution in [3.05, 3.63) is 53.0 Å². The van der Waals surface area contributed by atoms with E-state index in [4.69, 9.17) is 9.47 Å². The first-order chi connectivity index (χ1) is 20.5. The highest BCUT2D eigenvalue weighted by Crippen LogP contribution is 2.45. The maximum Gasteiger partial charge on any atom is 0.411 e. The van der Waals surface area contributed by atoms with Gasteiger partial charge in [0.15, 0.2) is 0 Å². The highest BCUT2D eigenvalue weighted by Gasteiger charge is 2.52. The van der Waals surface area contributed by atoms with Crippen molar-refractivity contribution in [2.24, 2.45) is 5.92 Å². The Balaban J connectivity index is 1.15. The lowest BCUT2D eigenvalue weighted by Crippen LogP contribution is -2.55. The number of rotatable bonds is 5. The summed E-state index contributed by atoms with van der Waals surface area (Å²) < 4.78 is 27.3. The summed E-state index contributed by atoms with van der Waals surface area (Å²) in [6.45, 7) is 7.83. The zero-order valence-corrected chi connectivity index (χ0v) is 25.4. The minimum atomic E-state index is -0.952. The predicted molar refractivity (Wildman–Crippen MR) is 157 cm³/mol. The molecule has 9 nitrogen and oxygen atoms in total. The molecular weight excluding hydrogens is 549 g/mol. The van der Waals surface area contributed by atoms with E-state index < -0.39 is 35.5 Å². The second-order valence-electron chi connectivity index (χ2n) is 13.6. The van der Waals surface area contributed by atoms with Gasteiger partial charge >= 0.3 is 6.09 Å². The van der Waals surface area contributed by atoms with E-state index in [0.717, 1.165) is 56.3 Å². The number of fused-ring (bicyclic) bond motifs is 4. The molecule has 2 saturated heterocycles. The van der Waals surface area contributed by atoms with Crippen LogP contribution in [0.3, 0.4) is 0 Å². The van der Waals surface area contributed by atoms with E-state index in [2.05, 4.69) is 28.3 Å². The number of nitriles is 1. The van der Waals surface area contributed by atoms with Crippen molar-refractivity contribution in [3.63, 3.8) is 0 Å². The zero-order chi connectivity index (χ0) is 30.5. The standard InChI is InChI=1S/C33H40FN5O4/c1-32(2,3)43-31(41)39-25-8-7-22(14-25)29(39)30(40)37-24(17-35)13-20-5-6-21(15-27(20)34)28-16-26-23(18-36-28)19-42-33(26)9-11-38(4)12-10-33/h5-6,15-16,18,22,24-25,29H,7-14,19H2,1-4H3,(H,37,40)/t22-,24-,25+,29-/m0/s1. The number of carbonyl (C=O) groups is 2. The molecule has 10 heteroatoms. The average molecular weight is 590 g/mol. The molecule has 1 aliphatic carbocycles. The molecule has 2 aromatic rings. The van der Waals surface area contributed by atoms with Gasteiger partial charge in [-0.3, -0.25) is 14.7 Å². The highest BCUT2D eigenvalue weighted by atomic mass is 19.1. The lowest BCUT2D eigenvalue weighted by atomic mass is 9.84. The molecule has 0 radical (unpaired) electrons. The Hall–Kier alpha value is -3.55. The third-order valence-corrected chi connectivity index (χ3v) is 9.48. The number of likely N-dealkylation sites (tertiary alicyclic amines) is 2. The predicted octanol–water partition coefficient (Wildman–Crippen LogP) is 4.68. The Labute approximate surface area is 252 Å². The SMILES string of the molecule is CN1CCC2(CC1)OCc1cnc(-c3ccc(C[C@@H](C#N)NC(=O)[C@@H]4[C@H]5CC[C@H](C5)N4C(=O)OC(C)(C)C)c(F)c3)cc12. The van der Waals surface area contributed by atoms with Crippen LogP contribution in [0.1, 0.15) is 69.6 Å². The third kappa shape index (κ3) is 5.73. The minimum absolute atomic E-state index is 0.00366. The number of piperidine rings is 2. The monoisotopic (exact) mass is 589 g/mol. The Bertz CT molecular complexity index is 1460. The lowest BCUT2D eigenvalue weighted by molar-refractivity contribution is -0.128. The molecule has 3 aliphatic heterocycles. The summed E-state index contributed by atoms with van der Waals surface area (Å²) in [5.74, 6) is -0.837. The van der Waals surface area contributed by atoms with Crippen LogP contribution in [0.2, 0.25) is 0 Å². The van der Waals surface area contributed by atoms with E-state index in [-0.39, 0.29) is 24.0 Å². The molecular formula is C33H40FN5O4. The number of benzene rings is 1. The molecule has 4 aliphatic rings. The zero-order valence-electron chi connectivity index (χ0n) is 25.4. The van der Waals surface area contributed by atoms with Crippen LogP contribution in [-0.4, -0.2) is 70.6 Å². The molecule has 2 bridgehead atoms. The van der Waals surface area contributed by atoms with Gasteiger partial charge in [-0.1, -0.05) is 12.1 Å². The fourth-order valence-electron chi connectivity index (χ4n) is 7.25. The van der Waals surface area contributed by atoms with Gasteiger partial charge in [-0.2, -0.15) is 5.26 Å². The van der Waals surface area contributed by atoms with E-state index >= 15 is 4.39 Å². The summed E-state index contributed by atoms with van der Waals surface area (Å²) >= 11 is 0. The number of hydrogen-bond donors (Lipinski definition) is 1. The maximum absolute atomic E-state index is 15.4. The summed E-state index contributed by atoms with van der Waals surface area (Å²) in [7, 11) is 2.12. The summed E-state index contributed by atoms with van der Waals surface area (Å²) in [6.07, 6.45) is 5.56. The number of ether oxygens (including phenoxy) is 2. The molecule has 43 heavy (non-hydrogen) atoms. The largest absolute Gasteiger partial charge is 0.444 e. The molecule has 1 saturated carbocycles. The molecule has 228 valence electrons. The minimum Gasteiger partial charge on any atom is -0.444 e. The van der Waals surface area contributed by atoms with Crippen LogP contribution >= 0.6 is 0 Å². The van der Waals surface area contributed by atoms with Crippen LogP contribution < -0.4 is 5.32 Å². The number of hydrogen-bond acceptors (Lipinski definition) is 7. The normalized spacial score (nSPS) is 24.9. The van der Waals surface area contributed by atoms with Crippen molar-refractivity contribution in [3.8, 4) is 17.3 Å². The van der Waals surface area contributed by atoms with Gasteiger partial charge in [0.2, 0.25) is 5.91 Å². The second kappa shape index (κ2) is 11.2. The van der Waals surface area contributed by atoms with Crippen molar-refractivity contribution in [2.45, 2.75) is 95.2 Å². The number of aromatic nitrogens is 1. The van der Waals surface area contributed by atoms with Crippen LogP contribution in [-0.2, 0) is 32.9 Å². The Morgan fingerprint density at radius 2 is 2.02 bits per heavy atom. The lowest BCUT2D eigenvalue weighted by Gasteiger charge is -2.37. The number of pyridine rings is 1. The van der Waals surface area contributed by atoms with E-state index in [9.17, 15) is 14.9 Å². The quantitative estimate of drug-likeness (QED) is 0.540. The van der Waals surface area contributed by atoms with Gasteiger partial charge in [0.05, 0.1) is 24.0 Å². The van der Waals surface area contributed by atoms with Gasteiger partial charge < -0.3 is 19.7 Å². The molecule has 1 aromatic carbocycles. The molecule has 0 unspecified atom stereocenters. The fourth-order valence-corrected chi connectivity index (χ4v) is 7.25. The topological polar surface area (TPSA) is 108 Å². The molecule has 4 atom stereocenters. The summed E-state index contributed by atoms with van der Waals surface area (Å²) in [6, 6.07) is 7.35. The number of nitrogens with zero attached hydrogens (tertiary/aromatic N) is 4. The van der Waals surface area contributed by atoms with Gasteiger partial charge in [0.1, 0.15) is 23.5 Å². The van der Waals surface area contributed by atoms with Crippen molar-refractivity contribution >= 4 is 12.0 Å². The third-order valence-electron chi connectivity index (χ3n) is 9.48. The Morgan fingerprint density at radius 1 is 1.26 bits per heavy atom. The summed E-state index contributed by atoms with van der Waals surface area (Å²) in [5.41, 5.74) is 2.87. The summed E-state index contributed by atoms with van der Waals surface area (Å²) in [5, 5.41) is 12.7. The van der Waals surface area contributed by atoms with E-state index in [1.807, 2.05) is 12.3 Å². The van der Waals surface area contributed by atoms with Gasteiger partial charge in [-0.05, 0) is 89.1 Å². The second-order valence-corrected chi connectivity index (χ2v) is 13.6. The maximum atomic E-state index is 15.4. The van der Waals surface area contributed by atoms with Crippen LogP contribution in [0.15, 0.2) is 30.5 Å². The Kier molecular flexibility index (Phi) is 7.68. The molecule has 6 rings (SSSR count). The van der Waals surface area contributed by atoms with Crippen LogP contribution in [0.5, 0.6) is 0 Å². The van der Waals surface area contributed by atoms with Crippen LogP contribution in [0.4, 0.5) is 9.18 Å². The smallest absolute Gasteiger partial charge is 0.411 e. The van der Waals surface area contributed by atoms with Crippen LogP contribution in [0.25, 0.3) is 11.3 Å². The van der Waals surface area contributed by atoms with Crippen LogP contribution in [0, 0.1) is 23.1 Å². The molecule has 2 amide bonds. The first-order valence-electron chi connectivity index (χ1n) is 15.3. The molecule has 1 aromatic heterocycles. The van der Waals surface area contributed by atoms with Crippen molar-refractivity contribution in [1.29, 1.82) is 5.26 Å². The van der Waals surface area contributed by atoms with Gasteiger partial charge in [-0.25, -0.2) is 9.18 Å². The van der Waals surface area contributed by atoms with Gasteiger partial charge in [0, 0.05) is 42.9 Å². The van der Waals surface area contributed by atoms with Crippen molar-refractivity contribution in [2.75, 3.05) is 20.1 Å². The fraction of sp³-hybridized carbons (Fsp3) is 0.576. The first kappa shape index (κ1) is 29.5. The van der Waals surface area contributed by atoms with E-state index in [0.29, 0.717) is 23.4 Å². The molecule has 1 spiro atoms. The van der Waals surface area contributed by atoms with Gasteiger partial charge in [0.25, 0.3) is 0 Å². The van der Waals surface area contributed by atoms with Crippen molar-refractivity contribution < 1.29 is 23.5 Å². The molecule has 1 N–H and O–H groups in total. The molecule has 3 fully saturated rings. The number of nitrogens with one attached hydrogen (secondary N) is 1. The highest BCUT2D eigenvalue weighted by molar-refractivity contribution is 5.87. The van der Waals surface area contributed by atoms with E-state index in [1.165, 1.54) is 6.07 Å². The van der Waals surface area contributed by atoms with Gasteiger partial charge in [-0.15, -0.1) is 0 Å². The number of carbonyl (C=O) groups excluding carboxylic acids is 2.